The van der Waals surface area contributed by atoms with Gasteiger partial charge in [-0.05, 0) is 19.8 Å². The molecule has 118 valence electrons. The van der Waals surface area contributed by atoms with Gasteiger partial charge in [0.1, 0.15) is 0 Å². The Hall–Kier alpha value is -0.910. The van der Waals surface area contributed by atoms with Gasteiger partial charge in [0.25, 0.3) is 0 Å². The Morgan fingerprint density at radius 1 is 1.52 bits per heavy atom. The van der Waals surface area contributed by atoms with Gasteiger partial charge in [-0.2, -0.15) is 5.10 Å². The number of nitrogens with zero attached hydrogens (tertiary/aromatic N) is 3. The highest BCUT2D eigenvalue weighted by molar-refractivity contribution is 5.05. The summed E-state index contributed by atoms with van der Waals surface area (Å²) >= 11 is 0. The highest BCUT2D eigenvalue weighted by Crippen LogP contribution is 2.41. The highest BCUT2D eigenvalue weighted by atomic mass is 16.5. The zero-order chi connectivity index (χ0) is 14.7. The molecular formula is C16H27N3O2. The number of hydrogen-bond donors (Lipinski definition) is 0. The van der Waals surface area contributed by atoms with E-state index in [0.29, 0.717) is 5.92 Å². The van der Waals surface area contributed by atoms with Crippen LogP contribution >= 0.6 is 0 Å². The molecule has 0 N–H and O–H groups in total. The first-order valence-corrected chi connectivity index (χ1v) is 8.13. The normalized spacial score (nSPS) is 30.3. The molecule has 0 aromatic carbocycles. The number of morpholine rings is 1. The van der Waals surface area contributed by atoms with Crippen molar-refractivity contribution in [3.63, 3.8) is 0 Å². The molecule has 0 amide bonds. The molecule has 1 spiro atoms. The lowest BCUT2D eigenvalue weighted by molar-refractivity contribution is -0.142. The lowest BCUT2D eigenvalue weighted by atomic mass is 9.89. The summed E-state index contributed by atoms with van der Waals surface area (Å²) in [6.45, 7) is 7.56. The molecular weight excluding hydrogens is 266 g/mol. The van der Waals surface area contributed by atoms with Crippen LogP contribution in [0.1, 0.15) is 31.7 Å². The van der Waals surface area contributed by atoms with E-state index < -0.39 is 0 Å². The Balaban J connectivity index is 1.64. The molecule has 0 unspecified atom stereocenters. The Kier molecular flexibility index (Phi) is 4.62. The number of hydrogen-bond acceptors (Lipinski definition) is 4. The molecule has 1 aromatic heterocycles. The van der Waals surface area contributed by atoms with Crippen LogP contribution in [0.2, 0.25) is 0 Å². The van der Waals surface area contributed by atoms with Crippen LogP contribution in [0, 0.1) is 5.92 Å². The van der Waals surface area contributed by atoms with Gasteiger partial charge in [-0.3, -0.25) is 9.58 Å². The fourth-order valence-corrected chi connectivity index (χ4v) is 3.84. The Morgan fingerprint density at radius 3 is 3.19 bits per heavy atom. The quantitative estimate of drug-likeness (QED) is 0.830. The van der Waals surface area contributed by atoms with E-state index in [0.717, 1.165) is 39.5 Å². The Bertz CT molecular complexity index is 462. The fourth-order valence-electron chi connectivity index (χ4n) is 3.84. The highest BCUT2D eigenvalue weighted by Gasteiger charge is 2.46. The topological polar surface area (TPSA) is 39.5 Å². The summed E-state index contributed by atoms with van der Waals surface area (Å²) in [5, 5.41) is 4.27. The van der Waals surface area contributed by atoms with Crippen LogP contribution in [0.3, 0.4) is 0 Å². The maximum Gasteiger partial charge on any atom is 0.0859 e. The average Bonchev–Trinajstić information content (AvgIpc) is 3.04. The van der Waals surface area contributed by atoms with Crippen LogP contribution in [0.4, 0.5) is 0 Å². The van der Waals surface area contributed by atoms with Crippen LogP contribution in [0.5, 0.6) is 0 Å². The van der Waals surface area contributed by atoms with Crippen molar-refractivity contribution in [1.29, 1.82) is 0 Å². The van der Waals surface area contributed by atoms with Gasteiger partial charge in [0.2, 0.25) is 0 Å². The molecule has 2 fully saturated rings. The van der Waals surface area contributed by atoms with E-state index in [-0.39, 0.29) is 5.60 Å². The summed E-state index contributed by atoms with van der Waals surface area (Å²) in [6.07, 6.45) is 7.75. The zero-order valence-corrected chi connectivity index (χ0v) is 13.3. The van der Waals surface area contributed by atoms with E-state index in [1.54, 1.807) is 0 Å². The molecule has 1 saturated heterocycles. The second-order valence-electron chi connectivity index (χ2n) is 6.39. The predicted molar refractivity (Wildman–Crippen MR) is 81.0 cm³/mol. The molecule has 5 heteroatoms. The third-order valence-corrected chi connectivity index (χ3v) is 4.87. The van der Waals surface area contributed by atoms with Crippen molar-refractivity contribution in [3.8, 4) is 0 Å². The SMILES string of the molecule is CCOC[C@@H]1CCC[C@@]12CN(Cc1cnn(C)c1)CCO2. The number of aromatic nitrogens is 2. The maximum atomic E-state index is 6.27. The molecule has 1 aliphatic carbocycles. The van der Waals surface area contributed by atoms with E-state index in [1.165, 1.54) is 24.8 Å². The van der Waals surface area contributed by atoms with Gasteiger partial charge in [0.05, 0.1) is 25.0 Å². The average molecular weight is 293 g/mol. The van der Waals surface area contributed by atoms with Crippen LogP contribution in [0.25, 0.3) is 0 Å². The van der Waals surface area contributed by atoms with Crippen LogP contribution in [-0.4, -0.2) is 53.2 Å². The molecule has 1 aliphatic heterocycles. The number of ether oxygens (including phenoxy) is 2. The van der Waals surface area contributed by atoms with Gasteiger partial charge in [-0.1, -0.05) is 6.42 Å². The van der Waals surface area contributed by atoms with E-state index >= 15 is 0 Å². The van der Waals surface area contributed by atoms with Gasteiger partial charge >= 0.3 is 0 Å². The third kappa shape index (κ3) is 3.30. The standard InChI is InChI=1S/C16H27N3O2/c1-3-20-12-15-5-4-6-16(15)13-19(7-8-21-16)11-14-9-17-18(2)10-14/h9-10,15H,3-8,11-13H2,1-2H3/t15-,16+/m0/s1. The second kappa shape index (κ2) is 6.46. The smallest absolute Gasteiger partial charge is 0.0859 e. The van der Waals surface area contributed by atoms with Crippen molar-refractivity contribution in [1.82, 2.24) is 14.7 Å². The monoisotopic (exact) mass is 293 g/mol. The number of aryl methyl sites for hydroxylation is 1. The van der Waals surface area contributed by atoms with Gasteiger partial charge in [0, 0.05) is 51.0 Å². The lowest BCUT2D eigenvalue weighted by Gasteiger charge is -2.44. The second-order valence-corrected chi connectivity index (χ2v) is 6.39. The summed E-state index contributed by atoms with van der Waals surface area (Å²) in [7, 11) is 1.97. The molecule has 1 saturated carbocycles. The van der Waals surface area contributed by atoms with Crippen molar-refractivity contribution in [2.75, 3.05) is 32.9 Å². The van der Waals surface area contributed by atoms with Gasteiger partial charge in [-0.25, -0.2) is 0 Å². The minimum absolute atomic E-state index is 0.0234. The molecule has 2 atom stereocenters. The molecule has 1 aromatic rings. The molecule has 21 heavy (non-hydrogen) atoms. The number of rotatable bonds is 5. The van der Waals surface area contributed by atoms with E-state index in [1.807, 2.05) is 17.9 Å². The summed E-state index contributed by atoms with van der Waals surface area (Å²) in [4.78, 5) is 2.52. The Labute approximate surface area is 127 Å². The summed E-state index contributed by atoms with van der Waals surface area (Å²) in [5.41, 5.74) is 1.31. The van der Waals surface area contributed by atoms with E-state index in [9.17, 15) is 0 Å². The maximum absolute atomic E-state index is 6.27. The molecule has 2 aliphatic rings. The minimum atomic E-state index is 0.0234. The van der Waals surface area contributed by atoms with Gasteiger partial charge in [-0.15, -0.1) is 0 Å². The summed E-state index contributed by atoms with van der Waals surface area (Å²) in [5.74, 6) is 0.550. The van der Waals surface area contributed by atoms with Crippen molar-refractivity contribution in [3.05, 3.63) is 18.0 Å². The minimum Gasteiger partial charge on any atom is -0.381 e. The first-order chi connectivity index (χ1) is 10.2. The largest absolute Gasteiger partial charge is 0.381 e. The van der Waals surface area contributed by atoms with Crippen molar-refractivity contribution in [2.24, 2.45) is 13.0 Å². The molecule has 0 radical (unpaired) electrons. The fraction of sp³-hybridized carbons (Fsp3) is 0.812. The van der Waals surface area contributed by atoms with Crippen molar-refractivity contribution in [2.45, 2.75) is 38.3 Å². The first kappa shape index (κ1) is 15.0. The van der Waals surface area contributed by atoms with Crippen LogP contribution in [-0.2, 0) is 23.1 Å². The molecule has 5 nitrogen and oxygen atoms in total. The molecule has 3 rings (SSSR count). The van der Waals surface area contributed by atoms with Crippen LogP contribution in [0.15, 0.2) is 12.4 Å². The Morgan fingerprint density at radius 2 is 2.43 bits per heavy atom. The summed E-state index contributed by atoms with van der Waals surface area (Å²) < 4.78 is 13.8. The van der Waals surface area contributed by atoms with Crippen molar-refractivity contribution < 1.29 is 9.47 Å². The van der Waals surface area contributed by atoms with E-state index in [2.05, 4.69) is 23.1 Å². The van der Waals surface area contributed by atoms with Crippen molar-refractivity contribution >= 4 is 0 Å². The lowest BCUT2D eigenvalue weighted by Crippen LogP contribution is -2.54. The third-order valence-electron chi connectivity index (χ3n) is 4.87. The van der Waals surface area contributed by atoms with E-state index in [4.69, 9.17) is 9.47 Å². The van der Waals surface area contributed by atoms with Gasteiger partial charge in [0.15, 0.2) is 0 Å². The zero-order valence-electron chi connectivity index (χ0n) is 13.3. The predicted octanol–water partition coefficient (Wildman–Crippen LogP) is 1.83. The molecule has 2 heterocycles. The van der Waals surface area contributed by atoms with Gasteiger partial charge < -0.3 is 9.47 Å². The summed E-state index contributed by atoms with van der Waals surface area (Å²) in [6, 6.07) is 0. The van der Waals surface area contributed by atoms with Crippen LogP contribution < -0.4 is 0 Å². The molecule has 0 bridgehead atoms. The first-order valence-electron chi connectivity index (χ1n) is 8.13.